The van der Waals surface area contributed by atoms with Crippen molar-refractivity contribution in [2.45, 2.75) is 18.9 Å². The molecule has 7 heteroatoms. The van der Waals surface area contributed by atoms with Crippen LogP contribution in [0.15, 0.2) is 58.0 Å². The van der Waals surface area contributed by atoms with E-state index in [9.17, 15) is 4.79 Å². The van der Waals surface area contributed by atoms with Crippen molar-refractivity contribution in [3.63, 3.8) is 0 Å². The molecule has 4 N–H and O–H groups in total. The minimum atomic E-state index is -0.942. The van der Waals surface area contributed by atoms with E-state index in [1.165, 1.54) is 4.90 Å². The van der Waals surface area contributed by atoms with Gasteiger partial charge in [0.15, 0.2) is 0 Å². The third-order valence-electron chi connectivity index (χ3n) is 4.45. The molecule has 136 valence electrons. The van der Waals surface area contributed by atoms with Gasteiger partial charge in [0.05, 0.1) is 6.04 Å². The van der Waals surface area contributed by atoms with Gasteiger partial charge in [-0.3, -0.25) is 4.90 Å². The number of nitrogens with zero attached hydrogens (tertiary/aromatic N) is 2. The number of halogens is 1. The van der Waals surface area contributed by atoms with Gasteiger partial charge in [0.1, 0.15) is 12.5 Å². The van der Waals surface area contributed by atoms with Gasteiger partial charge in [-0.2, -0.15) is 0 Å². The second kappa shape index (κ2) is 8.23. The first-order valence-electron chi connectivity index (χ1n) is 8.44. The van der Waals surface area contributed by atoms with Crippen LogP contribution < -0.4 is 11.1 Å². The minimum absolute atomic E-state index is 0.311. The summed E-state index contributed by atoms with van der Waals surface area (Å²) in [6.45, 7) is 0.828. The first-order chi connectivity index (χ1) is 12.5. The van der Waals surface area contributed by atoms with Gasteiger partial charge in [0, 0.05) is 16.7 Å². The molecule has 0 aromatic heterocycles. The van der Waals surface area contributed by atoms with Gasteiger partial charge in [-0.05, 0) is 48.2 Å². The number of carbonyl (C=O) groups is 1. The van der Waals surface area contributed by atoms with Crippen LogP contribution in [0.3, 0.4) is 0 Å². The lowest BCUT2D eigenvalue weighted by Crippen LogP contribution is -2.43. The number of amidine groups is 1. The third-order valence-corrected chi connectivity index (χ3v) is 4.98. The predicted molar refractivity (Wildman–Crippen MR) is 107 cm³/mol. The molecule has 1 aliphatic rings. The average Bonchev–Trinajstić information content (AvgIpc) is 3.13. The number of nitrogens with one attached hydrogen (secondary N) is 1. The Kier molecular flexibility index (Phi) is 5.78. The molecule has 6 nitrogen and oxygen atoms in total. The van der Waals surface area contributed by atoms with E-state index in [1.807, 2.05) is 36.4 Å². The third kappa shape index (κ3) is 4.35. The van der Waals surface area contributed by atoms with Crippen molar-refractivity contribution in [2.75, 3.05) is 18.5 Å². The van der Waals surface area contributed by atoms with Crippen molar-refractivity contribution in [3.8, 4) is 11.1 Å². The number of hydrogen-bond donors (Lipinski definition) is 3. The number of nitrogens with two attached hydrogens (primary N) is 1. The van der Waals surface area contributed by atoms with Crippen LogP contribution in [-0.4, -0.2) is 41.2 Å². The highest BCUT2D eigenvalue weighted by Gasteiger charge is 2.30. The summed E-state index contributed by atoms with van der Waals surface area (Å²) < 4.78 is 1.05. The van der Waals surface area contributed by atoms with Crippen molar-refractivity contribution in [1.29, 1.82) is 0 Å². The SMILES string of the molecule is NC(=NCNc1ccc(-c2ccc(Br)cc2)cc1)C1CCCN1C(=O)O. The number of anilines is 1. The molecule has 1 heterocycles. The Labute approximate surface area is 160 Å². The number of amides is 1. The van der Waals surface area contributed by atoms with Crippen LogP contribution in [0, 0.1) is 0 Å². The lowest BCUT2D eigenvalue weighted by Gasteiger charge is -2.20. The number of rotatable bonds is 5. The lowest BCUT2D eigenvalue weighted by molar-refractivity contribution is 0.149. The molecule has 2 aromatic carbocycles. The second-order valence-electron chi connectivity index (χ2n) is 6.14. The first-order valence-corrected chi connectivity index (χ1v) is 9.23. The molecular weight excluding hydrogens is 396 g/mol. The molecular formula is C19H21BrN4O2. The van der Waals surface area contributed by atoms with Gasteiger partial charge in [-0.25, -0.2) is 9.79 Å². The Bertz CT molecular complexity index is 790. The summed E-state index contributed by atoms with van der Waals surface area (Å²) in [7, 11) is 0. The summed E-state index contributed by atoms with van der Waals surface area (Å²) in [6, 6.07) is 15.9. The molecule has 0 bridgehead atoms. The Morgan fingerprint density at radius 1 is 1.19 bits per heavy atom. The van der Waals surface area contributed by atoms with E-state index in [4.69, 9.17) is 10.8 Å². The van der Waals surface area contributed by atoms with E-state index in [1.54, 1.807) is 0 Å². The monoisotopic (exact) mass is 416 g/mol. The minimum Gasteiger partial charge on any atom is -0.465 e. The summed E-state index contributed by atoms with van der Waals surface area (Å²) in [5, 5.41) is 12.4. The van der Waals surface area contributed by atoms with E-state index < -0.39 is 6.09 Å². The molecule has 1 unspecified atom stereocenters. The number of hydrogen-bond acceptors (Lipinski definition) is 3. The maximum atomic E-state index is 11.2. The highest BCUT2D eigenvalue weighted by molar-refractivity contribution is 9.10. The largest absolute Gasteiger partial charge is 0.465 e. The second-order valence-corrected chi connectivity index (χ2v) is 7.05. The average molecular weight is 417 g/mol. The normalized spacial score (nSPS) is 17.3. The van der Waals surface area contributed by atoms with E-state index in [2.05, 4.69) is 38.4 Å². The molecule has 3 rings (SSSR count). The van der Waals surface area contributed by atoms with E-state index in [0.29, 0.717) is 19.0 Å². The highest BCUT2D eigenvalue weighted by Crippen LogP contribution is 2.23. The van der Waals surface area contributed by atoms with Crippen LogP contribution in [0.25, 0.3) is 11.1 Å². The van der Waals surface area contributed by atoms with Crippen LogP contribution in [-0.2, 0) is 0 Å². The van der Waals surface area contributed by atoms with Crippen LogP contribution in [0.1, 0.15) is 12.8 Å². The summed E-state index contributed by atoms with van der Waals surface area (Å²) in [5.41, 5.74) is 9.20. The standard InChI is InChI=1S/C19H21BrN4O2/c20-15-7-3-13(4-8-15)14-5-9-16(10-6-14)22-12-23-18(21)17-2-1-11-24(17)19(25)26/h3-10,17,22H,1-2,11-12H2,(H2,21,23)(H,25,26). The van der Waals surface area contributed by atoms with Gasteiger partial charge in [-0.15, -0.1) is 0 Å². The van der Waals surface area contributed by atoms with Gasteiger partial charge in [-0.1, -0.05) is 40.2 Å². The van der Waals surface area contributed by atoms with Crippen LogP contribution in [0.2, 0.25) is 0 Å². The molecule has 1 aliphatic heterocycles. The number of benzene rings is 2. The first kappa shape index (κ1) is 18.3. The zero-order valence-electron chi connectivity index (χ0n) is 14.2. The van der Waals surface area contributed by atoms with Crippen LogP contribution in [0.5, 0.6) is 0 Å². The zero-order valence-corrected chi connectivity index (χ0v) is 15.8. The molecule has 0 saturated carbocycles. The number of carboxylic acid groups (broad SMARTS) is 1. The van der Waals surface area contributed by atoms with Gasteiger partial charge in [0.2, 0.25) is 0 Å². The molecule has 26 heavy (non-hydrogen) atoms. The maximum absolute atomic E-state index is 11.2. The molecule has 1 fully saturated rings. The summed E-state index contributed by atoms with van der Waals surface area (Å²) in [5.74, 6) is 0.365. The Balaban J connectivity index is 1.58. The zero-order chi connectivity index (χ0) is 18.5. The fraction of sp³-hybridized carbons (Fsp3) is 0.263. The molecule has 1 atom stereocenters. The molecule has 0 aliphatic carbocycles. The summed E-state index contributed by atoms with van der Waals surface area (Å²) >= 11 is 3.44. The summed E-state index contributed by atoms with van der Waals surface area (Å²) in [4.78, 5) is 16.8. The molecule has 0 radical (unpaired) electrons. The van der Waals surface area contributed by atoms with Crippen LogP contribution in [0.4, 0.5) is 10.5 Å². The summed E-state index contributed by atoms with van der Waals surface area (Å²) in [6.07, 6.45) is 0.601. The van der Waals surface area contributed by atoms with Crippen molar-refractivity contribution in [2.24, 2.45) is 10.7 Å². The van der Waals surface area contributed by atoms with E-state index in [0.717, 1.165) is 34.1 Å². The van der Waals surface area contributed by atoms with Crippen molar-refractivity contribution in [1.82, 2.24) is 4.90 Å². The number of aliphatic imine (C=N–C) groups is 1. The van der Waals surface area contributed by atoms with Crippen LogP contribution >= 0.6 is 15.9 Å². The fourth-order valence-electron chi connectivity index (χ4n) is 3.05. The van der Waals surface area contributed by atoms with E-state index in [-0.39, 0.29) is 6.04 Å². The lowest BCUT2D eigenvalue weighted by atomic mass is 10.1. The molecule has 0 spiro atoms. The van der Waals surface area contributed by atoms with Crippen molar-refractivity contribution in [3.05, 3.63) is 53.0 Å². The quantitative estimate of drug-likeness (QED) is 0.507. The topological polar surface area (TPSA) is 91.0 Å². The van der Waals surface area contributed by atoms with E-state index >= 15 is 0 Å². The molecule has 2 aromatic rings. The highest BCUT2D eigenvalue weighted by atomic mass is 79.9. The Hall–Kier alpha value is -2.54. The molecule has 1 saturated heterocycles. The van der Waals surface area contributed by atoms with Gasteiger partial charge < -0.3 is 16.2 Å². The van der Waals surface area contributed by atoms with Crippen molar-refractivity contribution >= 4 is 33.5 Å². The maximum Gasteiger partial charge on any atom is 0.407 e. The smallest absolute Gasteiger partial charge is 0.407 e. The Morgan fingerprint density at radius 2 is 1.81 bits per heavy atom. The Morgan fingerprint density at radius 3 is 2.42 bits per heavy atom. The van der Waals surface area contributed by atoms with Gasteiger partial charge >= 0.3 is 6.09 Å². The van der Waals surface area contributed by atoms with Gasteiger partial charge in [0.25, 0.3) is 0 Å². The number of likely N-dealkylation sites (tertiary alicyclic amines) is 1. The fourth-order valence-corrected chi connectivity index (χ4v) is 3.32. The van der Waals surface area contributed by atoms with Crippen molar-refractivity contribution < 1.29 is 9.90 Å². The predicted octanol–water partition coefficient (Wildman–Crippen LogP) is 3.99. The molecule has 1 amide bonds.